The third-order valence-corrected chi connectivity index (χ3v) is 5.44. The van der Waals surface area contributed by atoms with Crippen LogP contribution in [0.15, 0.2) is 0 Å². The van der Waals surface area contributed by atoms with Crippen LogP contribution in [0.2, 0.25) is 0 Å². The summed E-state index contributed by atoms with van der Waals surface area (Å²) in [6.07, 6.45) is 1.57. The SMILES string of the molecule is CC(C)CC(CNC(=O)NCC(C)(C)S(C)(=O)=O)C(=O)O. The van der Waals surface area contributed by atoms with Crippen molar-refractivity contribution in [2.75, 3.05) is 19.3 Å². The van der Waals surface area contributed by atoms with Crippen LogP contribution in [0.1, 0.15) is 34.1 Å². The molecule has 1 unspecified atom stereocenters. The van der Waals surface area contributed by atoms with Crippen LogP contribution in [-0.2, 0) is 14.6 Å². The fourth-order valence-electron chi connectivity index (χ4n) is 1.54. The quantitative estimate of drug-likeness (QED) is 0.613. The molecule has 0 aliphatic carbocycles. The molecule has 7 nitrogen and oxygen atoms in total. The van der Waals surface area contributed by atoms with Gasteiger partial charge in [-0.2, -0.15) is 0 Å². The number of carboxylic acids is 1. The summed E-state index contributed by atoms with van der Waals surface area (Å²) in [5.74, 6) is -1.40. The molecule has 0 bridgehead atoms. The average molecular weight is 322 g/mol. The van der Waals surface area contributed by atoms with Crippen molar-refractivity contribution in [3.05, 3.63) is 0 Å². The van der Waals surface area contributed by atoms with Gasteiger partial charge in [0.15, 0.2) is 9.84 Å². The lowest BCUT2D eigenvalue weighted by molar-refractivity contribution is -0.142. The zero-order valence-electron chi connectivity index (χ0n) is 13.3. The molecular weight excluding hydrogens is 296 g/mol. The number of aliphatic carboxylic acids is 1. The molecule has 2 amide bonds. The molecule has 0 rings (SSSR count). The number of rotatable bonds is 8. The van der Waals surface area contributed by atoms with Crippen LogP contribution in [-0.4, -0.2) is 49.6 Å². The molecule has 21 heavy (non-hydrogen) atoms. The molecule has 0 aliphatic rings. The summed E-state index contributed by atoms with van der Waals surface area (Å²) in [7, 11) is -3.30. The molecule has 0 spiro atoms. The van der Waals surface area contributed by atoms with Crippen LogP contribution in [0.25, 0.3) is 0 Å². The van der Waals surface area contributed by atoms with Crippen LogP contribution >= 0.6 is 0 Å². The van der Waals surface area contributed by atoms with E-state index in [9.17, 15) is 18.0 Å². The van der Waals surface area contributed by atoms with Crippen LogP contribution < -0.4 is 10.6 Å². The van der Waals surface area contributed by atoms with Gasteiger partial charge in [-0.15, -0.1) is 0 Å². The first-order chi connectivity index (χ1) is 9.36. The normalized spacial score (nSPS) is 13.8. The van der Waals surface area contributed by atoms with Crippen molar-refractivity contribution in [2.45, 2.75) is 38.9 Å². The van der Waals surface area contributed by atoms with Crippen LogP contribution in [0.5, 0.6) is 0 Å². The minimum Gasteiger partial charge on any atom is -0.481 e. The minimum absolute atomic E-state index is 0.0125. The smallest absolute Gasteiger partial charge is 0.314 e. The maximum absolute atomic E-state index is 11.6. The van der Waals surface area contributed by atoms with Gasteiger partial charge in [0.05, 0.1) is 10.7 Å². The van der Waals surface area contributed by atoms with Crippen molar-refractivity contribution in [3.8, 4) is 0 Å². The van der Waals surface area contributed by atoms with E-state index >= 15 is 0 Å². The number of sulfone groups is 1. The minimum atomic E-state index is -3.30. The Balaban J connectivity index is 4.36. The Morgan fingerprint density at radius 2 is 1.71 bits per heavy atom. The van der Waals surface area contributed by atoms with Crippen molar-refractivity contribution < 1.29 is 23.1 Å². The Morgan fingerprint density at radius 1 is 1.19 bits per heavy atom. The Bertz CT molecular complexity index is 471. The number of carboxylic acid groups (broad SMARTS) is 1. The van der Waals surface area contributed by atoms with Gasteiger partial charge in [0.2, 0.25) is 0 Å². The summed E-state index contributed by atoms with van der Waals surface area (Å²) in [5, 5.41) is 14.0. The summed E-state index contributed by atoms with van der Waals surface area (Å²) >= 11 is 0. The summed E-state index contributed by atoms with van der Waals surface area (Å²) < 4.78 is 21.9. The lowest BCUT2D eigenvalue weighted by Crippen LogP contribution is -2.48. The Kier molecular flexibility index (Phi) is 7.15. The molecule has 0 aromatic carbocycles. The van der Waals surface area contributed by atoms with Gasteiger partial charge in [-0.1, -0.05) is 13.8 Å². The number of nitrogens with one attached hydrogen (secondary N) is 2. The first kappa shape index (κ1) is 19.7. The van der Waals surface area contributed by atoms with Gasteiger partial charge in [0.1, 0.15) is 0 Å². The van der Waals surface area contributed by atoms with Crippen molar-refractivity contribution in [1.82, 2.24) is 10.6 Å². The lowest BCUT2D eigenvalue weighted by Gasteiger charge is -2.23. The van der Waals surface area contributed by atoms with E-state index in [4.69, 9.17) is 5.11 Å². The van der Waals surface area contributed by atoms with Crippen LogP contribution in [0.4, 0.5) is 4.79 Å². The topological polar surface area (TPSA) is 113 Å². The highest BCUT2D eigenvalue weighted by Crippen LogP contribution is 2.13. The number of carbonyl (C=O) groups is 2. The highest BCUT2D eigenvalue weighted by atomic mass is 32.2. The van der Waals surface area contributed by atoms with Gasteiger partial charge in [-0.25, -0.2) is 13.2 Å². The van der Waals surface area contributed by atoms with Gasteiger partial charge < -0.3 is 15.7 Å². The highest BCUT2D eigenvalue weighted by Gasteiger charge is 2.30. The first-order valence-electron chi connectivity index (χ1n) is 6.81. The molecule has 0 aliphatic heterocycles. The van der Waals surface area contributed by atoms with Gasteiger partial charge in [0, 0.05) is 19.3 Å². The predicted octanol–water partition coefficient (Wildman–Crippen LogP) is 0.856. The Labute approximate surface area is 126 Å². The monoisotopic (exact) mass is 322 g/mol. The van der Waals surface area contributed by atoms with Crippen LogP contribution in [0, 0.1) is 11.8 Å². The fourth-order valence-corrected chi connectivity index (χ4v) is 1.88. The van der Waals surface area contributed by atoms with Gasteiger partial charge in [-0.05, 0) is 26.2 Å². The van der Waals surface area contributed by atoms with E-state index in [0.29, 0.717) is 6.42 Å². The molecular formula is C13H26N2O5S. The second-order valence-corrected chi connectivity index (χ2v) is 8.91. The Hall–Kier alpha value is -1.31. The number of amides is 2. The first-order valence-corrected chi connectivity index (χ1v) is 8.70. The number of hydrogen-bond donors (Lipinski definition) is 3. The second kappa shape index (κ2) is 7.63. The summed E-state index contributed by atoms with van der Waals surface area (Å²) in [5.41, 5.74) is 0. The lowest BCUT2D eigenvalue weighted by atomic mass is 9.97. The maximum Gasteiger partial charge on any atom is 0.314 e. The predicted molar refractivity (Wildman–Crippen MR) is 80.9 cm³/mol. The third kappa shape index (κ3) is 7.31. The number of urea groups is 1. The van der Waals surface area contributed by atoms with E-state index in [0.717, 1.165) is 6.26 Å². The number of carbonyl (C=O) groups excluding carboxylic acids is 1. The summed E-state index contributed by atoms with van der Waals surface area (Å²) in [6, 6.07) is -0.568. The molecule has 0 saturated heterocycles. The molecule has 0 radical (unpaired) electrons. The highest BCUT2D eigenvalue weighted by molar-refractivity contribution is 7.92. The molecule has 0 aromatic heterocycles. The second-order valence-electron chi connectivity index (χ2n) is 6.26. The van der Waals surface area contributed by atoms with E-state index in [1.165, 1.54) is 13.8 Å². The third-order valence-electron chi connectivity index (χ3n) is 3.29. The molecule has 0 saturated carbocycles. The molecule has 8 heteroatoms. The molecule has 3 N–H and O–H groups in total. The van der Waals surface area contributed by atoms with Crippen LogP contribution in [0.3, 0.4) is 0 Å². The molecule has 0 fully saturated rings. The summed E-state index contributed by atoms with van der Waals surface area (Å²) in [6.45, 7) is 6.82. The Morgan fingerprint density at radius 3 is 2.10 bits per heavy atom. The van der Waals surface area contributed by atoms with Crippen molar-refractivity contribution >= 4 is 21.8 Å². The average Bonchev–Trinajstić information content (AvgIpc) is 2.29. The van der Waals surface area contributed by atoms with E-state index in [-0.39, 0.29) is 19.0 Å². The summed E-state index contributed by atoms with van der Waals surface area (Å²) in [4.78, 5) is 22.7. The molecule has 0 heterocycles. The molecule has 1 atom stereocenters. The van der Waals surface area contributed by atoms with E-state index in [2.05, 4.69) is 10.6 Å². The van der Waals surface area contributed by atoms with Gasteiger partial charge in [0.25, 0.3) is 0 Å². The zero-order chi connectivity index (χ0) is 16.8. The standard InChI is InChI=1S/C13H26N2O5S/c1-9(2)6-10(11(16)17)7-14-12(18)15-8-13(3,4)21(5,19)20/h9-10H,6-8H2,1-5H3,(H,16,17)(H2,14,15,18). The van der Waals surface area contributed by atoms with Gasteiger partial charge >= 0.3 is 12.0 Å². The van der Waals surface area contributed by atoms with Crippen molar-refractivity contribution in [3.63, 3.8) is 0 Å². The van der Waals surface area contributed by atoms with Gasteiger partial charge in [-0.3, -0.25) is 4.79 Å². The van der Waals surface area contributed by atoms with Crippen molar-refractivity contribution in [1.29, 1.82) is 0 Å². The fraction of sp³-hybridized carbons (Fsp3) is 0.846. The number of hydrogen-bond acceptors (Lipinski definition) is 4. The van der Waals surface area contributed by atoms with E-state index in [1.807, 2.05) is 13.8 Å². The molecule has 124 valence electrons. The molecule has 0 aromatic rings. The van der Waals surface area contributed by atoms with E-state index in [1.54, 1.807) is 0 Å². The largest absolute Gasteiger partial charge is 0.481 e. The zero-order valence-corrected chi connectivity index (χ0v) is 14.1. The van der Waals surface area contributed by atoms with E-state index < -0.39 is 32.5 Å². The van der Waals surface area contributed by atoms with Crippen molar-refractivity contribution in [2.24, 2.45) is 11.8 Å². The maximum atomic E-state index is 11.6.